The second kappa shape index (κ2) is 7.08. The lowest BCUT2D eigenvalue weighted by Crippen LogP contribution is -2.40. The lowest BCUT2D eigenvalue weighted by molar-refractivity contribution is -0.136. The third-order valence-corrected chi connectivity index (χ3v) is 3.25. The third kappa shape index (κ3) is 5.07. The van der Waals surface area contributed by atoms with Gasteiger partial charge in [0.25, 0.3) is 5.91 Å². The molecule has 6 heteroatoms. The van der Waals surface area contributed by atoms with Crippen LogP contribution in [0.1, 0.15) is 18.4 Å². The van der Waals surface area contributed by atoms with E-state index < -0.39 is 0 Å². The van der Waals surface area contributed by atoms with Gasteiger partial charge in [-0.1, -0.05) is 12.1 Å². The molecule has 1 aromatic carbocycles. The quantitative estimate of drug-likeness (QED) is 0.755. The zero-order valence-corrected chi connectivity index (χ0v) is 12.2. The van der Waals surface area contributed by atoms with Gasteiger partial charge in [-0.05, 0) is 30.5 Å². The van der Waals surface area contributed by atoms with Crippen molar-refractivity contribution in [1.29, 1.82) is 0 Å². The van der Waals surface area contributed by atoms with Gasteiger partial charge in [0.05, 0.1) is 6.54 Å². The van der Waals surface area contributed by atoms with E-state index >= 15 is 0 Å². The van der Waals surface area contributed by atoms with Crippen LogP contribution in [0.25, 0.3) is 0 Å². The third-order valence-electron chi connectivity index (χ3n) is 3.25. The molecule has 1 saturated carbocycles. The Bertz CT molecular complexity index is 515. The van der Waals surface area contributed by atoms with Crippen molar-refractivity contribution >= 4 is 11.8 Å². The normalized spacial score (nSPS) is 13.6. The fraction of sp³-hybridized carbons (Fsp3) is 0.467. The van der Waals surface area contributed by atoms with Gasteiger partial charge in [0, 0.05) is 19.6 Å². The van der Waals surface area contributed by atoms with Crippen molar-refractivity contribution in [3.05, 3.63) is 29.8 Å². The molecule has 2 rings (SSSR count). The first-order valence-electron chi connectivity index (χ1n) is 7.03. The van der Waals surface area contributed by atoms with Crippen LogP contribution in [0.2, 0.25) is 0 Å². The lowest BCUT2D eigenvalue weighted by atomic mass is 10.2. The Morgan fingerprint density at radius 1 is 1.43 bits per heavy atom. The second-order valence-corrected chi connectivity index (χ2v) is 5.23. The Morgan fingerprint density at radius 2 is 2.19 bits per heavy atom. The highest BCUT2D eigenvalue weighted by molar-refractivity contribution is 5.85. The van der Waals surface area contributed by atoms with E-state index in [0.717, 1.165) is 18.4 Å². The molecule has 0 aromatic heterocycles. The predicted octanol–water partition coefficient (Wildman–Crippen LogP) is 0.261. The number of nitrogens with one attached hydrogen (secondary N) is 1. The van der Waals surface area contributed by atoms with E-state index in [1.807, 2.05) is 12.1 Å². The number of rotatable bonds is 7. The molecule has 1 fully saturated rings. The first kappa shape index (κ1) is 15.3. The summed E-state index contributed by atoms with van der Waals surface area (Å²) in [5, 5.41) is 2.84. The summed E-state index contributed by atoms with van der Waals surface area (Å²) < 4.78 is 5.43. The van der Waals surface area contributed by atoms with Crippen LogP contribution >= 0.6 is 0 Å². The van der Waals surface area contributed by atoms with E-state index in [0.29, 0.717) is 18.3 Å². The van der Waals surface area contributed by atoms with E-state index in [1.165, 1.54) is 4.90 Å². The molecule has 6 nitrogen and oxygen atoms in total. The highest BCUT2D eigenvalue weighted by atomic mass is 16.5. The van der Waals surface area contributed by atoms with Crippen LogP contribution in [-0.2, 0) is 16.1 Å². The van der Waals surface area contributed by atoms with Crippen molar-refractivity contribution in [3.8, 4) is 5.75 Å². The molecule has 114 valence electrons. The van der Waals surface area contributed by atoms with Gasteiger partial charge in [-0.25, -0.2) is 0 Å². The number of hydrogen-bond donors (Lipinski definition) is 2. The van der Waals surface area contributed by atoms with Crippen molar-refractivity contribution < 1.29 is 14.3 Å². The van der Waals surface area contributed by atoms with Gasteiger partial charge >= 0.3 is 0 Å². The average Bonchev–Trinajstić information content (AvgIpc) is 3.28. The minimum absolute atomic E-state index is 0.0571. The number of benzene rings is 1. The number of carbonyl (C=O) groups excluding carboxylic acids is 2. The molecule has 1 aliphatic carbocycles. The summed E-state index contributed by atoms with van der Waals surface area (Å²) in [5.74, 6) is 0.236. The van der Waals surface area contributed by atoms with Gasteiger partial charge < -0.3 is 20.7 Å². The van der Waals surface area contributed by atoms with Gasteiger partial charge in [0.2, 0.25) is 5.91 Å². The van der Waals surface area contributed by atoms with Crippen molar-refractivity contribution in [1.82, 2.24) is 10.2 Å². The fourth-order valence-electron chi connectivity index (χ4n) is 1.82. The van der Waals surface area contributed by atoms with Gasteiger partial charge in [-0.2, -0.15) is 0 Å². The number of hydrogen-bond acceptors (Lipinski definition) is 4. The maximum atomic E-state index is 11.9. The molecule has 0 atom stereocenters. The van der Waals surface area contributed by atoms with Crippen molar-refractivity contribution in [2.75, 3.05) is 20.2 Å². The molecule has 1 aromatic rings. The molecule has 21 heavy (non-hydrogen) atoms. The summed E-state index contributed by atoms with van der Waals surface area (Å²) in [7, 11) is 1.59. The molecule has 0 aliphatic heterocycles. The molecule has 0 bridgehead atoms. The van der Waals surface area contributed by atoms with Crippen LogP contribution in [-0.4, -0.2) is 43.0 Å². The molecular weight excluding hydrogens is 270 g/mol. The van der Waals surface area contributed by atoms with Crippen LogP contribution in [0.4, 0.5) is 0 Å². The zero-order valence-electron chi connectivity index (χ0n) is 12.2. The van der Waals surface area contributed by atoms with Crippen LogP contribution in [0, 0.1) is 0 Å². The Morgan fingerprint density at radius 3 is 2.86 bits per heavy atom. The van der Waals surface area contributed by atoms with Crippen LogP contribution < -0.4 is 15.8 Å². The van der Waals surface area contributed by atoms with Crippen LogP contribution in [0.5, 0.6) is 5.75 Å². The Labute approximate surface area is 124 Å². The van der Waals surface area contributed by atoms with E-state index in [9.17, 15) is 9.59 Å². The van der Waals surface area contributed by atoms with E-state index in [2.05, 4.69) is 5.32 Å². The van der Waals surface area contributed by atoms with E-state index in [1.54, 1.807) is 19.2 Å². The predicted molar refractivity (Wildman–Crippen MR) is 78.6 cm³/mol. The average molecular weight is 291 g/mol. The van der Waals surface area contributed by atoms with Crippen molar-refractivity contribution in [2.24, 2.45) is 5.73 Å². The van der Waals surface area contributed by atoms with Crippen LogP contribution in [0.3, 0.4) is 0 Å². The highest BCUT2D eigenvalue weighted by Crippen LogP contribution is 2.18. The molecule has 0 heterocycles. The van der Waals surface area contributed by atoms with Gasteiger partial charge in [0.1, 0.15) is 5.75 Å². The Hall–Kier alpha value is -2.08. The number of ether oxygens (including phenoxy) is 1. The molecule has 1 aliphatic rings. The largest absolute Gasteiger partial charge is 0.484 e. The summed E-state index contributed by atoms with van der Waals surface area (Å²) in [6.45, 7) is 0.384. The monoisotopic (exact) mass is 291 g/mol. The molecule has 3 N–H and O–H groups in total. The maximum absolute atomic E-state index is 11.9. The SMILES string of the molecule is CN(CC(=O)NC1CC1)C(=O)COc1cccc(CN)c1. The molecule has 2 amide bonds. The summed E-state index contributed by atoms with van der Waals surface area (Å²) in [4.78, 5) is 24.9. The first-order chi connectivity index (χ1) is 10.1. The minimum atomic E-state index is -0.237. The molecule has 0 unspecified atom stereocenters. The zero-order chi connectivity index (χ0) is 15.2. The number of likely N-dealkylation sites (N-methyl/N-ethyl adjacent to an activating group) is 1. The van der Waals surface area contributed by atoms with Gasteiger partial charge in [-0.3, -0.25) is 9.59 Å². The summed E-state index contributed by atoms with van der Waals surface area (Å²) in [6.07, 6.45) is 2.06. The first-order valence-corrected chi connectivity index (χ1v) is 7.03. The Balaban J connectivity index is 1.75. The summed E-state index contributed by atoms with van der Waals surface area (Å²) in [5.41, 5.74) is 6.49. The Kier molecular flexibility index (Phi) is 5.16. The highest BCUT2D eigenvalue weighted by Gasteiger charge is 2.24. The molecule has 0 saturated heterocycles. The number of nitrogens with two attached hydrogens (primary N) is 1. The van der Waals surface area contributed by atoms with E-state index in [4.69, 9.17) is 10.5 Å². The molecular formula is C15H21N3O3. The molecule has 0 radical (unpaired) electrons. The number of carbonyl (C=O) groups is 2. The van der Waals surface area contributed by atoms with Gasteiger partial charge in [-0.15, -0.1) is 0 Å². The molecule has 0 spiro atoms. The second-order valence-electron chi connectivity index (χ2n) is 5.23. The minimum Gasteiger partial charge on any atom is -0.484 e. The van der Waals surface area contributed by atoms with Crippen molar-refractivity contribution in [3.63, 3.8) is 0 Å². The maximum Gasteiger partial charge on any atom is 0.260 e. The lowest BCUT2D eigenvalue weighted by Gasteiger charge is -2.17. The fourth-order valence-corrected chi connectivity index (χ4v) is 1.82. The summed E-state index contributed by atoms with van der Waals surface area (Å²) >= 11 is 0. The summed E-state index contributed by atoms with van der Waals surface area (Å²) in [6, 6.07) is 7.59. The van der Waals surface area contributed by atoms with Crippen LogP contribution in [0.15, 0.2) is 24.3 Å². The number of nitrogens with zero attached hydrogens (tertiary/aromatic N) is 1. The smallest absolute Gasteiger partial charge is 0.260 e. The topological polar surface area (TPSA) is 84.7 Å². The standard InChI is InChI=1S/C15H21N3O3/c1-18(9-14(19)17-12-5-6-12)15(20)10-21-13-4-2-3-11(7-13)8-16/h2-4,7,12H,5-6,8-10,16H2,1H3,(H,17,19). The van der Waals surface area contributed by atoms with Gasteiger partial charge in [0.15, 0.2) is 6.61 Å². The van der Waals surface area contributed by atoms with E-state index in [-0.39, 0.29) is 25.0 Å². The number of amides is 2. The van der Waals surface area contributed by atoms with Crippen molar-refractivity contribution in [2.45, 2.75) is 25.4 Å².